The molecule has 2 aliphatic heterocycles. The van der Waals surface area contributed by atoms with E-state index in [-0.39, 0.29) is 36.1 Å². The second-order valence-corrected chi connectivity index (χ2v) is 8.46. The van der Waals surface area contributed by atoms with E-state index in [4.69, 9.17) is 4.55 Å². The number of hydrogen-bond acceptors (Lipinski definition) is 7. The van der Waals surface area contributed by atoms with E-state index < -0.39 is 56.8 Å². The van der Waals surface area contributed by atoms with Gasteiger partial charge in [0.25, 0.3) is 21.9 Å². The molecule has 0 bridgehead atoms. The van der Waals surface area contributed by atoms with E-state index in [2.05, 4.69) is 0 Å². The number of rotatable bonds is 4. The third-order valence-electron chi connectivity index (χ3n) is 4.91. The molecule has 3 aliphatic rings. The van der Waals surface area contributed by atoms with Crippen molar-refractivity contribution >= 4 is 69.3 Å². The van der Waals surface area contributed by atoms with Crippen LogP contribution in [-0.2, 0) is 34.1 Å². The number of carbonyl (C=O) groups is 5. The van der Waals surface area contributed by atoms with Crippen LogP contribution in [-0.4, -0.2) is 93.9 Å². The van der Waals surface area contributed by atoms with Crippen LogP contribution in [0.3, 0.4) is 0 Å². The Bertz CT molecular complexity index is 828. The van der Waals surface area contributed by atoms with E-state index in [9.17, 15) is 37.5 Å². The van der Waals surface area contributed by atoms with Crippen molar-refractivity contribution in [1.29, 1.82) is 0 Å². The molecule has 3 rings (SSSR count). The van der Waals surface area contributed by atoms with Crippen LogP contribution in [0.1, 0.15) is 38.5 Å². The van der Waals surface area contributed by atoms with Gasteiger partial charge in [0.05, 0.1) is 11.8 Å². The summed E-state index contributed by atoms with van der Waals surface area (Å²) in [6.07, 6.45) is 5.69. The van der Waals surface area contributed by atoms with Crippen molar-refractivity contribution in [1.82, 2.24) is 10.2 Å². The number of imide groups is 2. The summed E-state index contributed by atoms with van der Waals surface area (Å²) in [5.74, 6) is -3.35. The molecular formula is C16H21N2NaO9S. The summed E-state index contributed by atoms with van der Waals surface area (Å²) in [5, 5.41) is 9.49. The summed E-state index contributed by atoms with van der Waals surface area (Å²) in [7, 11) is -4.42. The minimum absolute atomic E-state index is 0. The molecule has 1 unspecified atom stereocenters. The Morgan fingerprint density at radius 2 is 1.62 bits per heavy atom. The molecule has 4 amide bonds. The van der Waals surface area contributed by atoms with Crippen molar-refractivity contribution in [2.24, 2.45) is 5.41 Å². The number of nitrogens with zero attached hydrogens (tertiary/aromatic N) is 1. The fourth-order valence-corrected chi connectivity index (χ4v) is 4.02. The van der Waals surface area contributed by atoms with Gasteiger partial charge in [0, 0.05) is 18.7 Å². The minimum atomic E-state index is -4.42. The molecule has 1 saturated carbocycles. The normalized spacial score (nSPS) is 23.2. The van der Waals surface area contributed by atoms with Gasteiger partial charge in [-0.25, -0.2) is 0 Å². The van der Waals surface area contributed by atoms with Crippen LogP contribution in [0.2, 0.25) is 0 Å². The van der Waals surface area contributed by atoms with Crippen molar-refractivity contribution < 1.29 is 42.0 Å². The van der Waals surface area contributed by atoms with Crippen LogP contribution in [0, 0.1) is 5.41 Å². The molecule has 3 N–H and O–H groups in total. The summed E-state index contributed by atoms with van der Waals surface area (Å²) in [6, 6.07) is 0. The summed E-state index contributed by atoms with van der Waals surface area (Å²) in [4.78, 5) is 56.3. The number of nitrogens with one attached hydrogen (secondary N) is 1. The van der Waals surface area contributed by atoms with Crippen molar-refractivity contribution in [3.05, 3.63) is 12.2 Å². The Balaban J connectivity index is 0.000000306. The zero-order chi connectivity index (χ0) is 21.1. The Labute approximate surface area is 188 Å². The van der Waals surface area contributed by atoms with E-state index >= 15 is 0 Å². The van der Waals surface area contributed by atoms with Gasteiger partial charge in [0.15, 0.2) is 5.25 Å². The van der Waals surface area contributed by atoms with Gasteiger partial charge in [-0.2, -0.15) is 8.42 Å². The molecule has 0 radical (unpaired) electrons. The van der Waals surface area contributed by atoms with Gasteiger partial charge in [0.2, 0.25) is 11.8 Å². The third kappa shape index (κ3) is 6.19. The van der Waals surface area contributed by atoms with Crippen LogP contribution in [0.15, 0.2) is 12.2 Å². The topological polar surface area (TPSA) is 175 Å². The first-order valence-corrected chi connectivity index (χ1v) is 10.0. The maximum atomic E-state index is 11.4. The number of amides is 4. The average Bonchev–Trinajstić information content (AvgIpc) is 3.11. The van der Waals surface area contributed by atoms with E-state index in [1.165, 1.54) is 12.2 Å². The first kappa shape index (κ1) is 25.4. The molecule has 1 atom stereocenters. The van der Waals surface area contributed by atoms with Crippen LogP contribution in [0.25, 0.3) is 0 Å². The number of hydrogen-bond donors (Lipinski definition) is 3. The molecule has 2 heterocycles. The van der Waals surface area contributed by atoms with Crippen molar-refractivity contribution in [3.8, 4) is 0 Å². The zero-order valence-corrected chi connectivity index (χ0v) is 15.6. The zero-order valence-electron chi connectivity index (χ0n) is 14.8. The number of aliphatic carboxylic acids is 1. The Morgan fingerprint density at radius 1 is 1.10 bits per heavy atom. The van der Waals surface area contributed by atoms with Gasteiger partial charge in [-0.15, -0.1) is 0 Å². The van der Waals surface area contributed by atoms with Gasteiger partial charge in [-0.05, 0) is 12.8 Å². The first-order chi connectivity index (χ1) is 13.0. The summed E-state index contributed by atoms with van der Waals surface area (Å²) < 4.78 is 29.0. The van der Waals surface area contributed by atoms with Crippen molar-refractivity contribution in [2.45, 2.75) is 43.8 Å². The standard InChI is InChI=1S/C12H15NO4.C4H5NO5S.Na.H/c14-9-4-5-10(15)13(9)8-12(11(16)17)6-2-1-3-7-12;6-3-1-2(4(7)5-3)11(8,9)10;;/h4-5H,1-3,6-8H2,(H,16,17);2H,1H2,(H,5,6,7)(H,8,9,10);;. The molecule has 156 valence electrons. The molecule has 29 heavy (non-hydrogen) atoms. The second-order valence-electron chi connectivity index (χ2n) is 6.86. The number of carbonyl (C=O) groups excluding carboxylic acids is 4. The van der Waals surface area contributed by atoms with Gasteiger partial charge >= 0.3 is 35.5 Å². The van der Waals surface area contributed by atoms with Crippen molar-refractivity contribution in [2.75, 3.05) is 6.54 Å². The fraction of sp³-hybridized carbons (Fsp3) is 0.562. The molecule has 0 aromatic rings. The number of carboxylic acid groups (broad SMARTS) is 1. The molecule has 2 fully saturated rings. The van der Waals surface area contributed by atoms with Crippen LogP contribution >= 0.6 is 0 Å². The molecule has 0 aromatic heterocycles. The molecular weight excluding hydrogens is 419 g/mol. The van der Waals surface area contributed by atoms with Crippen LogP contribution in [0.5, 0.6) is 0 Å². The quantitative estimate of drug-likeness (QED) is 0.269. The predicted octanol–water partition coefficient (Wildman–Crippen LogP) is -1.41. The van der Waals surface area contributed by atoms with Gasteiger partial charge < -0.3 is 5.11 Å². The maximum absolute atomic E-state index is 11.4. The van der Waals surface area contributed by atoms with Crippen LogP contribution < -0.4 is 5.32 Å². The van der Waals surface area contributed by atoms with E-state index in [1.807, 2.05) is 0 Å². The molecule has 1 aliphatic carbocycles. The molecule has 0 aromatic carbocycles. The van der Waals surface area contributed by atoms with Gasteiger partial charge in [-0.3, -0.25) is 38.7 Å². The second kappa shape index (κ2) is 9.94. The predicted molar refractivity (Wildman–Crippen MR) is 99.3 cm³/mol. The first-order valence-electron chi connectivity index (χ1n) is 8.53. The van der Waals surface area contributed by atoms with Gasteiger partial charge in [-0.1, -0.05) is 19.3 Å². The number of carboxylic acids is 1. The SMILES string of the molecule is O=C1C=CC(=O)N1CC1(C(=O)O)CCCCC1.O=C1CC(S(=O)(=O)O)C(=O)N1.[NaH]. The molecule has 11 nitrogen and oxygen atoms in total. The Morgan fingerprint density at radius 3 is 1.97 bits per heavy atom. The summed E-state index contributed by atoms with van der Waals surface area (Å²) in [6.45, 7) is 0.00694. The third-order valence-corrected chi connectivity index (χ3v) is 6.01. The summed E-state index contributed by atoms with van der Waals surface area (Å²) >= 11 is 0. The molecule has 0 spiro atoms. The summed E-state index contributed by atoms with van der Waals surface area (Å²) in [5.41, 5.74) is -0.935. The van der Waals surface area contributed by atoms with Crippen LogP contribution in [0.4, 0.5) is 0 Å². The fourth-order valence-electron chi connectivity index (χ4n) is 3.33. The molecule has 1 saturated heterocycles. The van der Waals surface area contributed by atoms with E-state index in [0.29, 0.717) is 12.8 Å². The van der Waals surface area contributed by atoms with E-state index in [1.54, 1.807) is 5.32 Å². The van der Waals surface area contributed by atoms with E-state index in [0.717, 1.165) is 24.2 Å². The Hall–Kier alpha value is -1.60. The van der Waals surface area contributed by atoms with Gasteiger partial charge in [0.1, 0.15) is 0 Å². The Kier molecular flexibility index (Phi) is 8.72. The monoisotopic (exact) mass is 440 g/mol. The molecule has 13 heteroatoms. The van der Waals surface area contributed by atoms with Crippen molar-refractivity contribution in [3.63, 3.8) is 0 Å². The average molecular weight is 440 g/mol.